The minimum Gasteiger partial charge on any atom is -0.340 e. The Labute approximate surface area is 177 Å². The van der Waals surface area contributed by atoms with Crippen LogP contribution in [0.1, 0.15) is 23.4 Å². The predicted octanol–water partition coefficient (Wildman–Crippen LogP) is 4.25. The van der Waals surface area contributed by atoms with Crippen LogP contribution < -0.4 is 0 Å². The molecule has 3 rings (SSSR count). The van der Waals surface area contributed by atoms with Gasteiger partial charge in [0, 0.05) is 51.4 Å². The molecule has 5 nitrogen and oxygen atoms in total. The number of rotatable bonds is 5. The van der Waals surface area contributed by atoms with Gasteiger partial charge in [-0.1, -0.05) is 29.3 Å². The summed E-state index contributed by atoms with van der Waals surface area (Å²) in [6.45, 7) is 4.97. The number of benzene rings is 1. The van der Waals surface area contributed by atoms with Gasteiger partial charge in [0.15, 0.2) is 5.69 Å². The molecule has 158 valence electrons. The van der Waals surface area contributed by atoms with E-state index >= 15 is 0 Å². The van der Waals surface area contributed by atoms with Crippen LogP contribution in [-0.4, -0.2) is 51.7 Å². The van der Waals surface area contributed by atoms with Crippen molar-refractivity contribution in [1.29, 1.82) is 0 Å². The first-order valence-electron chi connectivity index (χ1n) is 9.19. The van der Waals surface area contributed by atoms with E-state index in [1.54, 1.807) is 17.9 Å². The van der Waals surface area contributed by atoms with E-state index in [9.17, 15) is 18.0 Å². The molecule has 0 N–H and O–H groups in total. The lowest BCUT2D eigenvalue weighted by Gasteiger charge is -2.35. The van der Waals surface area contributed by atoms with Crippen LogP contribution in [0, 0.1) is 6.92 Å². The average molecular weight is 449 g/mol. The Kier molecular flexibility index (Phi) is 6.76. The SMILES string of the molecule is Cc1cc(C(F)(F)F)nn1CCC(=O)N1CCN(Cc2ccc(Cl)c(Cl)c2)CC1. The van der Waals surface area contributed by atoms with E-state index in [1.165, 1.54) is 4.68 Å². The summed E-state index contributed by atoms with van der Waals surface area (Å²) in [6, 6.07) is 6.52. The average Bonchev–Trinajstić information content (AvgIpc) is 3.04. The van der Waals surface area contributed by atoms with E-state index in [1.807, 2.05) is 12.1 Å². The van der Waals surface area contributed by atoms with E-state index in [0.717, 1.165) is 11.6 Å². The molecule has 29 heavy (non-hydrogen) atoms. The highest BCUT2D eigenvalue weighted by Gasteiger charge is 2.34. The molecule has 0 saturated carbocycles. The molecule has 0 atom stereocenters. The molecule has 10 heteroatoms. The number of nitrogens with zero attached hydrogens (tertiary/aromatic N) is 4. The van der Waals surface area contributed by atoms with Crippen molar-refractivity contribution >= 4 is 29.1 Å². The summed E-state index contributed by atoms with van der Waals surface area (Å²) in [5, 5.41) is 4.59. The lowest BCUT2D eigenvalue weighted by molar-refractivity contribution is -0.141. The monoisotopic (exact) mass is 448 g/mol. The number of carbonyl (C=O) groups excluding carboxylic acids is 1. The zero-order chi connectivity index (χ0) is 21.2. The fraction of sp³-hybridized carbons (Fsp3) is 0.474. The van der Waals surface area contributed by atoms with Gasteiger partial charge in [-0.05, 0) is 30.7 Å². The normalized spacial score (nSPS) is 15.7. The highest BCUT2D eigenvalue weighted by atomic mass is 35.5. The van der Waals surface area contributed by atoms with Gasteiger partial charge in [0.1, 0.15) is 0 Å². The van der Waals surface area contributed by atoms with Gasteiger partial charge < -0.3 is 4.90 Å². The van der Waals surface area contributed by atoms with Crippen LogP contribution >= 0.6 is 23.2 Å². The zero-order valence-electron chi connectivity index (χ0n) is 15.8. The van der Waals surface area contributed by atoms with Crippen molar-refractivity contribution in [2.24, 2.45) is 0 Å². The van der Waals surface area contributed by atoms with Gasteiger partial charge in [-0.25, -0.2) is 0 Å². The minimum absolute atomic E-state index is 0.0809. The van der Waals surface area contributed by atoms with Crippen molar-refractivity contribution in [3.05, 3.63) is 51.3 Å². The second kappa shape index (κ2) is 8.93. The number of alkyl halides is 3. The lowest BCUT2D eigenvalue weighted by Crippen LogP contribution is -2.48. The summed E-state index contributed by atoms with van der Waals surface area (Å²) >= 11 is 12.0. The third-order valence-electron chi connectivity index (χ3n) is 4.92. The topological polar surface area (TPSA) is 41.4 Å². The second-order valence-corrected chi connectivity index (χ2v) is 7.86. The molecule has 1 amide bonds. The van der Waals surface area contributed by atoms with Crippen LogP contribution in [0.5, 0.6) is 0 Å². The van der Waals surface area contributed by atoms with Crippen molar-refractivity contribution < 1.29 is 18.0 Å². The molecule has 2 aromatic rings. The van der Waals surface area contributed by atoms with Gasteiger partial charge in [0.05, 0.1) is 10.0 Å². The largest absolute Gasteiger partial charge is 0.435 e. The van der Waals surface area contributed by atoms with Gasteiger partial charge in [-0.3, -0.25) is 14.4 Å². The minimum atomic E-state index is -4.48. The number of aryl methyl sites for hydroxylation is 2. The number of amides is 1. The zero-order valence-corrected chi connectivity index (χ0v) is 17.4. The summed E-state index contributed by atoms with van der Waals surface area (Å²) in [4.78, 5) is 16.4. The lowest BCUT2D eigenvalue weighted by atomic mass is 10.2. The standard InChI is InChI=1S/C19H21Cl2F3N4O/c1-13-10-17(19(22,23)24)25-28(13)5-4-18(29)27-8-6-26(7-9-27)12-14-2-3-15(20)16(21)11-14/h2-3,10-11H,4-9,12H2,1H3. The Balaban J connectivity index is 1.47. The maximum Gasteiger partial charge on any atom is 0.435 e. The maximum atomic E-state index is 12.7. The number of hydrogen-bond donors (Lipinski definition) is 0. The predicted molar refractivity (Wildman–Crippen MR) is 105 cm³/mol. The number of halogens is 5. The van der Waals surface area contributed by atoms with Gasteiger partial charge in [-0.15, -0.1) is 0 Å². The third-order valence-corrected chi connectivity index (χ3v) is 5.66. The van der Waals surface area contributed by atoms with Gasteiger partial charge in [-0.2, -0.15) is 18.3 Å². The van der Waals surface area contributed by atoms with Crippen LogP contribution in [0.3, 0.4) is 0 Å². The Morgan fingerprint density at radius 3 is 2.38 bits per heavy atom. The molecule has 1 saturated heterocycles. The number of carbonyl (C=O) groups is 1. The van der Waals surface area contributed by atoms with Crippen molar-refractivity contribution in [2.75, 3.05) is 26.2 Å². The van der Waals surface area contributed by atoms with E-state index in [-0.39, 0.29) is 18.9 Å². The Hall–Kier alpha value is -1.77. The molecule has 0 spiro atoms. The van der Waals surface area contributed by atoms with Gasteiger partial charge >= 0.3 is 6.18 Å². The molecule has 0 radical (unpaired) electrons. The van der Waals surface area contributed by atoms with Crippen molar-refractivity contribution in [1.82, 2.24) is 19.6 Å². The molecule has 1 aliphatic rings. The summed E-state index contributed by atoms with van der Waals surface area (Å²) in [5.74, 6) is -0.0809. The van der Waals surface area contributed by atoms with Crippen LogP contribution in [0.4, 0.5) is 13.2 Å². The molecular formula is C19H21Cl2F3N4O. The Morgan fingerprint density at radius 2 is 1.79 bits per heavy atom. The molecule has 0 aliphatic carbocycles. The first-order chi connectivity index (χ1) is 13.6. The quantitative estimate of drug-likeness (QED) is 0.686. The Morgan fingerprint density at radius 1 is 1.10 bits per heavy atom. The van der Waals surface area contributed by atoms with E-state index < -0.39 is 11.9 Å². The van der Waals surface area contributed by atoms with Gasteiger partial charge in [0.25, 0.3) is 0 Å². The van der Waals surface area contributed by atoms with Crippen molar-refractivity contribution in [3.8, 4) is 0 Å². The van der Waals surface area contributed by atoms with Gasteiger partial charge in [0.2, 0.25) is 5.91 Å². The molecule has 2 heterocycles. The third kappa shape index (κ3) is 5.65. The molecule has 1 fully saturated rings. The van der Waals surface area contributed by atoms with Crippen LogP contribution in [0.25, 0.3) is 0 Å². The second-order valence-electron chi connectivity index (χ2n) is 7.05. The molecule has 1 aromatic heterocycles. The first-order valence-corrected chi connectivity index (χ1v) is 9.95. The summed E-state index contributed by atoms with van der Waals surface area (Å²) < 4.78 is 39.4. The summed E-state index contributed by atoms with van der Waals surface area (Å²) in [6.07, 6.45) is -4.36. The first kappa shape index (κ1) is 21.9. The van der Waals surface area contributed by atoms with Crippen molar-refractivity contribution in [3.63, 3.8) is 0 Å². The fourth-order valence-corrected chi connectivity index (χ4v) is 3.61. The van der Waals surface area contributed by atoms with Crippen LogP contribution in [-0.2, 0) is 24.1 Å². The molecular weight excluding hydrogens is 428 g/mol. The summed E-state index contributed by atoms with van der Waals surface area (Å²) in [5.41, 5.74) is 0.503. The van der Waals surface area contributed by atoms with Crippen molar-refractivity contribution in [2.45, 2.75) is 32.6 Å². The summed E-state index contributed by atoms with van der Waals surface area (Å²) in [7, 11) is 0. The van der Waals surface area contributed by atoms with Crippen LogP contribution in [0.15, 0.2) is 24.3 Å². The van der Waals surface area contributed by atoms with E-state index in [2.05, 4.69) is 10.00 Å². The number of aromatic nitrogens is 2. The maximum absolute atomic E-state index is 12.7. The smallest absolute Gasteiger partial charge is 0.340 e. The molecule has 0 bridgehead atoms. The number of piperazine rings is 1. The van der Waals surface area contributed by atoms with E-state index in [0.29, 0.717) is 48.5 Å². The molecule has 1 aliphatic heterocycles. The highest BCUT2D eigenvalue weighted by molar-refractivity contribution is 6.42. The fourth-order valence-electron chi connectivity index (χ4n) is 3.29. The van der Waals surface area contributed by atoms with E-state index in [4.69, 9.17) is 23.2 Å². The Bertz CT molecular complexity index is 877. The molecule has 0 unspecified atom stereocenters. The van der Waals surface area contributed by atoms with Crippen LogP contribution in [0.2, 0.25) is 10.0 Å². The molecule has 1 aromatic carbocycles. The highest BCUT2D eigenvalue weighted by Crippen LogP contribution is 2.28. The number of hydrogen-bond acceptors (Lipinski definition) is 3.